The van der Waals surface area contributed by atoms with Crippen LogP contribution in [0.3, 0.4) is 0 Å². The molecule has 2 aromatic heterocycles. The van der Waals surface area contributed by atoms with E-state index in [-0.39, 0.29) is 0 Å². The lowest BCUT2D eigenvalue weighted by atomic mass is 10.5. The molecule has 0 unspecified atom stereocenters. The van der Waals surface area contributed by atoms with Gasteiger partial charge in [0.1, 0.15) is 0 Å². The summed E-state index contributed by atoms with van der Waals surface area (Å²) in [5.74, 6) is 0.470. The standard InChI is InChI=1S/C9H8N4/c1-3-8(10-4-1)7-13-9-11-5-2-6-12-9/h1-7,10H/b13-7+. The van der Waals surface area contributed by atoms with E-state index in [2.05, 4.69) is 19.9 Å². The van der Waals surface area contributed by atoms with Gasteiger partial charge in [-0.25, -0.2) is 15.0 Å². The van der Waals surface area contributed by atoms with Gasteiger partial charge in [-0.2, -0.15) is 0 Å². The molecule has 0 atom stereocenters. The fourth-order valence-electron chi connectivity index (χ4n) is 0.910. The number of aromatic amines is 1. The minimum absolute atomic E-state index is 0.470. The van der Waals surface area contributed by atoms with Crippen LogP contribution in [0.5, 0.6) is 0 Å². The molecule has 0 radical (unpaired) electrons. The van der Waals surface area contributed by atoms with Gasteiger partial charge >= 0.3 is 0 Å². The number of rotatable bonds is 2. The van der Waals surface area contributed by atoms with E-state index in [1.165, 1.54) is 0 Å². The Balaban J connectivity index is 2.15. The molecule has 13 heavy (non-hydrogen) atoms. The zero-order valence-corrected chi connectivity index (χ0v) is 6.88. The number of H-pyrrole nitrogens is 1. The van der Waals surface area contributed by atoms with E-state index in [1.807, 2.05) is 18.3 Å². The highest BCUT2D eigenvalue weighted by Gasteiger charge is 1.88. The quantitative estimate of drug-likeness (QED) is 0.699. The molecule has 0 aliphatic rings. The molecule has 2 rings (SSSR count). The predicted octanol–water partition coefficient (Wildman–Crippen LogP) is 1.56. The zero-order valence-electron chi connectivity index (χ0n) is 6.88. The van der Waals surface area contributed by atoms with Gasteiger partial charge in [0, 0.05) is 18.6 Å². The third-order valence-corrected chi connectivity index (χ3v) is 1.49. The van der Waals surface area contributed by atoms with Crippen LogP contribution in [0.15, 0.2) is 41.8 Å². The summed E-state index contributed by atoms with van der Waals surface area (Å²) in [6.45, 7) is 0. The van der Waals surface area contributed by atoms with Crippen LogP contribution in [0.25, 0.3) is 0 Å². The fraction of sp³-hybridized carbons (Fsp3) is 0. The van der Waals surface area contributed by atoms with Crippen molar-refractivity contribution in [2.24, 2.45) is 4.99 Å². The molecule has 0 spiro atoms. The van der Waals surface area contributed by atoms with Crippen LogP contribution in [0, 0.1) is 0 Å². The number of hydrogen-bond acceptors (Lipinski definition) is 3. The first-order valence-electron chi connectivity index (χ1n) is 3.89. The summed E-state index contributed by atoms with van der Waals surface area (Å²) in [4.78, 5) is 15.0. The summed E-state index contributed by atoms with van der Waals surface area (Å²) < 4.78 is 0. The molecule has 4 heteroatoms. The zero-order chi connectivity index (χ0) is 8.93. The summed E-state index contributed by atoms with van der Waals surface area (Å²) in [7, 11) is 0. The average Bonchev–Trinajstić information content (AvgIpc) is 2.69. The second kappa shape index (κ2) is 3.62. The van der Waals surface area contributed by atoms with Crippen molar-refractivity contribution in [3.05, 3.63) is 42.5 Å². The molecule has 4 nitrogen and oxygen atoms in total. The lowest BCUT2D eigenvalue weighted by Crippen LogP contribution is -1.81. The second-order valence-electron chi connectivity index (χ2n) is 2.43. The van der Waals surface area contributed by atoms with Crippen LogP contribution < -0.4 is 0 Å². The third-order valence-electron chi connectivity index (χ3n) is 1.49. The molecule has 0 aliphatic carbocycles. The van der Waals surface area contributed by atoms with E-state index in [9.17, 15) is 0 Å². The Morgan fingerprint density at radius 2 is 2.08 bits per heavy atom. The number of hydrogen-bond donors (Lipinski definition) is 1. The van der Waals surface area contributed by atoms with Crippen molar-refractivity contribution in [3.63, 3.8) is 0 Å². The SMILES string of the molecule is C(=N\c1ncccn1)/c1ccc[nH]1. The lowest BCUT2D eigenvalue weighted by molar-refractivity contribution is 1.14. The summed E-state index contributed by atoms with van der Waals surface area (Å²) in [5, 5.41) is 0. The van der Waals surface area contributed by atoms with Crippen LogP contribution in [-0.2, 0) is 0 Å². The molecule has 2 aromatic rings. The fourth-order valence-corrected chi connectivity index (χ4v) is 0.910. The Hall–Kier alpha value is -1.97. The van der Waals surface area contributed by atoms with Crippen molar-refractivity contribution >= 4 is 12.2 Å². The van der Waals surface area contributed by atoms with Crippen molar-refractivity contribution in [2.45, 2.75) is 0 Å². The monoisotopic (exact) mass is 172 g/mol. The topological polar surface area (TPSA) is 53.9 Å². The molecule has 2 heterocycles. The molecule has 0 aliphatic heterocycles. The molecule has 0 saturated carbocycles. The van der Waals surface area contributed by atoms with E-state index in [1.54, 1.807) is 24.7 Å². The van der Waals surface area contributed by atoms with E-state index < -0.39 is 0 Å². The Bertz CT molecular complexity index is 377. The largest absolute Gasteiger partial charge is 0.360 e. The predicted molar refractivity (Wildman–Crippen MR) is 50.1 cm³/mol. The lowest BCUT2D eigenvalue weighted by Gasteiger charge is -1.87. The van der Waals surface area contributed by atoms with Crippen molar-refractivity contribution < 1.29 is 0 Å². The first kappa shape index (κ1) is 7.67. The van der Waals surface area contributed by atoms with Crippen molar-refractivity contribution in [1.82, 2.24) is 15.0 Å². The molecule has 0 bridgehead atoms. The number of nitrogens with one attached hydrogen (secondary N) is 1. The molecule has 1 N–H and O–H groups in total. The van der Waals surface area contributed by atoms with Gasteiger partial charge in [0.25, 0.3) is 0 Å². The van der Waals surface area contributed by atoms with Gasteiger partial charge in [-0.05, 0) is 18.2 Å². The normalized spacial score (nSPS) is 10.8. The van der Waals surface area contributed by atoms with Gasteiger partial charge in [0.2, 0.25) is 5.95 Å². The summed E-state index contributed by atoms with van der Waals surface area (Å²) in [5.41, 5.74) is 0.937. The first-order valence-corrected chi connectivity index (χ1v) is 3.89. The molecule has 0 fully saturated rings. The van der Waals surface area contributed by atoms with Crippen LogP contribution in [0.2, 0.25) is 0 Å². The number of nitrogens with zero attached hydrogens (tertiary/aromatic N) is 3. The van der Waals surface area contributed by atoms with Gasteiger partial charge in [-0.15, -0.1) is 0 Å². The maximum Gasteiger partial charge on any atom is 0.249 e. The van der Waals surface area contributed by atoms with E-state index in [4.69, 9.17) is 0 Å². The van der Waals surface area contributed by atoms with E-state index >= 15 is 0 Å². The smallest absolute Gasteiger partial charge is 0.249 e. The van der Waals surface area contributed by atoms with E-state index in [0.717, 1.165) is 5.69 Å². The Labute approximate surface area is 75.4 Å². The number of aromatic nitrogens is 3. The summed E-state index contributed by atoms with van der Waals surface area (Å²) in [6.07, 6.45) is 6.85. The maximum atomic E-state index is 4.07. The molecule has 64 valence electrons. The van der Waals surface area contributed by atoms with Crippen LogP contribution in [0.4, 0.5) is 5.95 Å². The summed E-state index contributed by atoms with van der Waals surface area (Å²) >= 11 is 0. The molecular formula is C9H8N4. The highest BCUT2D eigenvalue weighted by molar-refractivity contribution is 5.78. The molecule has 0 saturated heterocycles. The van der Waals surface area contributed by atoms with Crippen molar-refractivity contribution in [3.8, 4) is 0 Å². The number of aliphatic imine (C=N–C) groups is 1. The van der Waals surface area contributed by atoms with Gasteiger partial charge in [-0.3, -0.25) is 0 Å². The molecule has 0 amide bonds. The third kappa shape index (κ3) is 1.99. The minimum Gasteiger partial charge on any atom is -0.360 e. The Morgan fingerprint density at radius 3 is 2.77 bits per heavy atom. The van der Waals surface area contributed by atoms with E-state index in [0.29, 0.717) is 5.95 Å². The first-order chi connectivity index (χ1) is 6.45. The molecule has 0 aromatic carbocycles. The highest BCUT2D eigenvalue weighted by Crippen LogP contribution is 1.99. The highest BCUT2D eigenvalue weighted by atomic mass is 15.0. The van der Waals surface area contributed by atoms with Gasteiger partial charge in [0.15, 0.2) is 0 Å². The van der Waals surface area contributed by atoms with Gasteiger partial charge < -0.3 is 4.98 Å². The Morgan fingerprint density at radius 1 is 1.23 bits per heavy atom. The minimum atomic E-state index is 0.470. The average molecular weight is 172 g/mol. The second-order valence-corrected chi connectivity index (χ2v) is 2.43. The van der Waals surface area contributed by atoms with Crippen molar-refractivity contribution in [2.75, 3.05) is 0 Å². The van der Waals surface area contributed by atoms with Crippen LogP contribution in [0.1, 0.15) is 5.69 Å². The van der Waals surface area contributed by atoms with Gasteiger partial charge in [0.05, 0.1) is 11.9 Å². The molecular weight excluding hydrogens is 164 g/mol. The van der Waals surface area contributed by atoms with Gasteiger partial charge in [-0.1, -0.05) is 0 Å². The van der Waals surface area contributed by atoms with Crippen LogP contribution in [-0.4, -0.2) is 21.2 Å². The van der Waals surface area contributed by atoms with Crippen LogP contribution >= 0.6 is 0 Å². The summed E-state index contributed by atoms with van der Waals surface area (Å²) in [6, 6.07) is 5.59. The maximum absolute atomic E-state index is 4.07. The van der Waals surface area contributed by atoms with Crippen molar-refractivity contribution in [1.29, 1.82) is 0 Å². The Kier molecular flexibility index (Phi) is 2.14.